The number of para-hydroxylation sites is 1. The molecule has 1 fully saturated rings. The van der Waals surface area contributed by atoms with Crippen molar-refractivity contribution in [2.75, 3.05) is 31.6 Å². The fourth-order valence-corrected chi connectivity index (χ4v) is 6.28. The zero-order valence-corrected chi connectivity index (χ0v) is 19.6. The van der Waals surface area contributed by atoms with E-state index in [1.54, 1.807) is 0 Å². The summed E-state index contributed by atoms with van der Waals surface area (Å²) in [7, 11) is 0. The Balaban J connectivity index is 1.20. The molecule has 4 nitrogen and oxygen atoms in total. The van der Waals surface area contributed by atoms with E-state index < -0.39 is 5.41 Å². The Morgan fingerprint density at radius 1 is 1.03 bits per heavy atom. The lowest BCUT2D eigenvalue weighted by atomic mass is 9.68. The summed E-state index contributed by atoms with van der Waals surface area (Å²) in [6.45, 7) is 4.08. The lowest BCUT2D eigenvalue weighted by Crippen LogP contribution is -2.43. The first-order valence-electron chi connectivity index (χ1n) is 12.7. The number of likely N-dealkylation sites (tertiary alicyclic amines) is 1. The van der Waals surface area contributed by atoms with Crippen molar-refractivity contribution < 1.29 is 9.53 Å². The zero-order valence-electron chi connectivity index (χ0n) is 19.6. The van der Waals surface area contributed by atoms with Crippen LogP contribution in [0.15, 0.2) is 72.8 Å². The Kier molecular flexibility index (Phi) is 5.62. The highest BCUT2D eigenvalue weighted by atomic mass is 16.5. The summed E-state index contributed by atoms with van der Waals surface area (Å²) in [5.41, 5.74) is 5.34. The van der Waals surface area contributed by atoms with E-state index >= 15 is 0 Å². The highest BCUT2D eigenvalue weighted by Crippen LogP contribution is 2.47. The second kappa shape index (κ2) is 8.92. The van der Waals surface area contributed by atoms with Gasteiger partial charge < -0.3 is 15.0 Å². The molecule has 1 saturated heterocycles. The number of carbonyl (C=O) groups excluding carboxylic acids is 1. The number of hydrogen-bond donors (Lipinski definition) is 1. The molecule has 2 unspecified atom stereocenters. The number of benzene rings is 3. The third-order valence-electron chi connectivity index (χ3n) is 7.96. The Bertz CT molecular complexity index is 1190. The maximum atomic E-state index is 13.6. The van der Waals surface area contributed by atoms with Crippen molar-refractivity contribution in [2.45, 2.75) is 37.5 Å². The molecular weight excluding hydrogens is 420 g/mol. The normalized spacial score (nSPS) is 23.8. The summed E-state index contributed by atoms with van der Waals surface area (Å²) in [6, 6.07) is 25.3. The van der Waals surface area contributed by atoms with Gasteiger partial charge in [-0.1, -0.05) is 60.7 Å². The summed E-state index contributed by atoms with van der Waals surface area (Å²) >= 11 is 0. The highest BCUT2D eigenvalue weighted by Gasteiger charge is 2.49. The van der Waals surface area contributed by atoms with Gasteiger partial charge in [-0.3, -0.25) is 4.79 Å². The molecule has 0 saturated carbocycles. The van der Waals surface area contributed by atoms with E-state index in [0.29, 0.717) is 5.92 Å². The van der Waals surface area contributed by atoms with E-state index in [4.69, 9.17) is 4.74 Å². The minimum Gasteiger partial charge on any atom is -0.493 e. The van der Waals surface area contributed by atoms with Gasteiger partial charge in [0.15, 0.2) is 0 Å². The molecule has 1 amide bonds. The average molecular weight is 453 g/mol. The largest absolute Gasteiger partial charge is 0.493 e. The van der Waals surface area contributed by atoms with Gasteiger partial charge in [-0.25, -0.2) is 0 Å². The van der Waals surface area contributed by atoms with Crippen molar-refractivity contribution in [2.24, 2.45) is 5.92 Å². The topological polar surface area (TPSA) is 41.6 Å². The fourth-order valence-electron chi connectivity index (χ4n) is 6.28. The smallest absolute Gasteiger partial charge is 0.239 e. The van der Waals surface area contributed by atoms with E-state index in [9.17, 15) is 4.79 Å². The molecule has 34 heavy (non-hydrogen) atoms. The summed E-state index contributed by atoms with van der Waals surface area (Å²) in [6.07, 6.45) is 5.31. The van der Waals surface area contributed by atoms with Gasteiger partial charge in [0.2, 0.25) is 5.91 Å². The van der Waals surface area contributed by atoms with E-state index in [1.807, 2.05) is 18.2 Å². The number of piperidine rings is 1. The van der Waals surface area contributed by atoms with Crippen LogP contribution in [0.1, 0.15) is 41.5 Å². The lowest BCUT2D eigenvalue weighted by Gasteiger charge is -2.38. The number of fused-ring (bicyclic) bond motifs is 2. The standard InChI is InChI=1S/C30H32N2O2/c33-29-30(25-8-2-1-3-9-25,26-10-4-5-11-27(26)31-29)20-23-7-6-16-32(21-23)17-14-22-12-13-28-24(19-22)15-18-34-28/h1-5,8-13,19,23H,6-7,14-18,20-21H2,(H,31,33). The molecule has 0 aliphatic carbocycles. The van der Waals surface area contributed by atoms with Crippen LogP contribution >= 0.6 is 0 Å². The Labute approximate surface area is 201 Å². The third kappa shape index (κ3) is 3.80. The van der Waals surface area contributed by atoms with Gasteiger partial charge in [0.1, 0.15) is 11.2 Å². The molecule has 3 aliphatic heterocycles. The van der Waals surface area contributed by atoms with Crippen LogP contribution in [0.25, 0.3) is 0 Å². The molecule has 0 spiro atoms. The number of hydrogen-bond acceptors (Lipinski definition) is 3. The molecule has 3 aromatic carbocycles. The Morgan fingerprint density at radius 3 is 2.79 bits per heavy atom. The first-order chi connectivity index (χ1) is 16.7. The Hall–Kier alpha value is -3.11. The van der Waals surface area contributed by atoms with Crippen molar-refractivity contribution in [1.29, 1.82) is 0 Å². The number of rotatable bonds is 6. The molecule has 3 aliphatic rings. The summed E-state index contributed by atoms with van der Waals surface area (Å²) in [5, 5.41) is 3.19. The average Bonchev–Trinajstić information content (AvgIpc) is 3.46. The third-order valence-corrected chi connectivity index (χ3v) is 7.96. The monoisotopic (exact) mass is 452 g/mol. The van der Waals surface area contributed by atoms with Crippen LogP contribution in [0.3, 0.4) is 0 Å². The van der Waals surface area contributed by atoms with E-state index in [-0.39, 0.29) is 5.91 Å². The number of carbonyl (C=O) groups is 1. The number of nitrogens with one attached hydrogen (secondary N) is 1. The molecule has 6 rings (SSSR count). The molecule has 2 atom stereocenters. The molecule has 3 heterocycles. The highest BCUT2D eigenvalue weighted by molar-refractivity contribution is 6.08. The van der Waals surface area contributed by atoms with Crippen LogP contribution in [0.4, 0.5) is 5.69 Å². The van der Waals surface area contributed by atoms with Gasteiger partial charge in [-0.05, 0) is 72.5 Å². The molecular formula is C30H32N2O2. The van der Waals surface area contributed by atoms with Crippen LogP contribution in [-0.4, -0.2) is 37.0 Å². The fraction of sp³-hybridized carbons (Fsp3) is 0.367. The van der Waals surface area contributed by atoms with Crippen molar-refractivity contribution >= 4 is 11.6 Å². The quantitative estimate of drug-likeness (QED) is 0.559. The van der Waals surface area contributed by atoms with Gasteiger partial charge in [0, 0.05) is 25.2 Å². The minimum absolute atomic E-state index is 0.123. The van der Waals surface area contributed by atoms with Crippen LogP contribution in [0.2, 0.25) is 0 Å². The van der Waals surface area contributed by atoms with Crippen molar-refractivity contribution in [3.05, 3.63) is 95.1 Å². The molecule has 3 aromatic rings. The predicted molar refractivity (Wildman–Crippen MR) is 135 cm³/mol. The predicted octanol–water partition coefficient (Wildman–Crippen LogP) is 5.20. The molecule has 174 valence electrons. The second-order valence-electron chi connectivity index (χ2n) is 10.1. The lowest BCUT2D eigenvalue weighted by molar-refractivity contribution is -0.120. The Morgan fingerprint density at radius 2 is 1.88 bits per heavy atom. The van der Waals surface area contributed by atoms with Gasteiger partial charge in [-0.2, -0.15) is 0 Å². The summed E-state index contributed by atoms with van der Waals surface area (Å²) < 4.78 is 5.66. The van der Waals surface area contributed by atoms with E-state index in [1.165, 1.54) is 24.0 Å². The van der Waals surface area contributed by atoms with E-state index in [0.717, 1.165) is 68.1 Å². The molecule has 1 N–H and O–H groups in total. The first kappa shape index (κ1) is 21.4. The molecule has 4 heteroatoms. The van der Waals surface area contributed by atoms with E-state index in [2.05, 4.69) is 64.8 Å². The van der Waals surface area contributed by atoms with Crippen molar-refractivity contribution in [3.63, 3.8) is 0 Å². The number of anilines is 1. The SMILES string of the molecule is O=C1Nc2ccccc2C1(CC1CCCN(CCc2ccc3c(c2)CCO3)C1)c1ccccc1. The minimum atomic E-state index is -0.606. The van der Waals surface area contributed by atoms with Crippen LogP contribution in [-0.2, 0) is 23.1 Å². The van der Waals surface area contributed by atoms with Crippen LogP contribution in [0, 0.1) is 5.92 Å². The van der Waals surface area contributed by atoms with Gasteiger partial charge >= 0.3 is 0 Å². The van der Waals surface area contributed by atoms with Gasteiger partial charge in [-0.15, -0.1) is 0 Å². The summed E-state index contributed by atoms with van der Waals surface area (Å²) in [4.78, 5) is 16.2. The molecule has 0 bridgehead atoms. The maximum absolute atomic E-state index is 13.6. The van der Waals surface area contributed by atoms with Crippen molar-refractivity contribution in [3.8, 4) is 5.75 Å². The molecule has 0 aromatic heterocycles. The molecule has 0 radical (unpaired) electrons. The van der Waals surface area contributed by atoms with Gasteiger partial charge in [0.25, 0.3) is 0 Å². The number of nitrogens with zero attached hydrogens (tertiary/aromatic N) is 1. The van der Waals surface area contributed by atoms with Crippen LogP contribution < -0.4 is 10.1 Å². The van der Waals surface area contributed by atoms with Crippen molar-refractivity contribution in [1.82, 2.24) is 4.90 Å². The second-order valence-corrected chi connectivity index (χ2v) is 10.1. The van der Waals surface area contributed by atoms with Crippen LogP contribution in [0.5, 0.6) is 5.75 Å². The summed E-state index contributed by atoms with van der Waals surface area (Å²) in [5.74, 6) is 1.67. The number of ether oxygens (including phenoxy) is 1. The number of amides is 1. The van der Waals surface area contributed by atoms with Gasteiger partial charge in [0.05, 0.1) is 6.61 Å². The zero-order chi connectivity index (χ0) is 23.0. The first-order valence-corrected chi connectivity index (χ1v) is 12.7. The maximum Gasteiger partial charge on any atom is 0.239 e.